The number of nitrogens with two attached hydrogens (primary N) is 3. The van der Waals surface area contributed by atoms with Crippen LogP contribution in [-0.4, -0.2) is 77.1 Å². The lowest BCUT2D eigenvalue weighted by molar-refractivity contribution is -0.143. The zero-order valence-corrected chi connectivity index (χ0v) is 20.6. The van der Waals surface area contributed by atoms with Crippen molar-refractivity contribution in [1.29, 1.82) is 0 Å². The number of hydrogen-bond acceptors (Lipinski definition) is 8. The quantitative estimate of drug-likeness (QED) is 0.0963. The summed E-state index contributed by atoms with van der Waals surface area (Å²) in [5, 5.41) is 25.9. The van der Waals surface area contributed by atoms with E-state index in [9.17, 15) is 34.2 Å². The molecule has 0 heterocycles. The van der Waals surface area contributed by atoms with E-state index >= 15 is 0 Å². The molecule has 0 aliphatic rings. The Morgan fingerprint density at radius 3 is 1.80 bits per heavy atom. The van der Waals surface area contributed by atoms with Crippen molar-refractivity contribution < 1.29 is 34.2 Å². The van der Waals surface area contributed by atoms with Crippen LogP contribution in [0.3, 0.4) is 0 Å². The van der Waals surface area contributed by atoms with Gasteiger partial charge in [0, 0.05) is 0 Å². The van der Waals surface area contributed by atoms with Gasteiger partial charge in [0.1, 0.15) is 18.1 Å². The van der Waals surface area contributed by atoms with E-state index in [-0.39, 0.29) is 6.42 Å². The third kappa shape index (κ3) is 13.0. The van der Waals surface area contributed by atoms with Crippen molar-refractivity contribution in [2.24, 2.45) is 23.1 Å². The minimum Gasteiger partial charge on any atom is -0.481 e. The molecule has 0 aromatic rings. The molecule has 0 radical (unpaired) electrons. The normalized spacial score (nSPS) is 15.2. The highest BCUT2D eigenvalue weighted by molar-refractivity contribution is 5.95. The molecular weight excluding hydrogens is 460 g/mol. The van der Waals surface area contributed by atoms with E-state index in [2.05, 4.69) is 16.0 Å². The van der Waals surface area contributed by atoms with Crippen molar-refractivity contribution in [2.75, 3.05) is 13.1 Å². The van der Waals surface area contributed by atoms with Gasteiger partial charge in [-0.3, -0.25) is 19.2 Å². The highest BCUT2D eigenvalue weighted by Gasteiger charge is 2.33. The number of rotatable bonds is 19. The number of aliphatic carboxylic acids is 2. The van der Waals surface area contributed by atoms with Gasteiger partial charge >= 0.3 is 11.9 Å². The lowest BCUT2D eigenvalue weighted by Gasteiger charge is -2.27. The second-order valence-corrected chi connectivity index (χ2v) is 8.61. The third-order valence-electron chi connectivity index (χ3n) is 5.67. The minimum atomic E-state index is -1.47. The van der Waals surface area contributed by atoms with Crippen LogP contribution in [0.1, 0.15) is 65.2 Å². The molecule has 0 aromatic carbocycles. The maximum atomic E-state index is 12.9. The molecule has 0 aliphatic carbocycles. The van der Waals surface area contributed by atoms with Crippen LogP contribution in [0.4, 0.5) is 0 Å². The highest BCUT2D eigenvalue weighted by Crippen LogP contribution is 2.11. The van der Waals surface area contributed by atoms with Crippen LogP contribution in [0.2, 0.25) is 0 Å². The summed E-state index contributed by atoms with van der Waals surface area (Å²) in [7, 11) is 0. The van der Waals surface area contributed by atoms with Crippen LogP contribution < -0.4 is 33.2 Å². The Labute approximate surface area is 205 Å². The van der Waals surface area contributed by atoms with E-state index in [1.165, 1.54) is 0 Å². The number of carbonyl (C=O) groups is 5. The van der Waals surface area contributed by atoms with E-state index in [1.54, 1.807) is 13.8 Å². The summed E-state index contributed by atoms with van der Waals surface area (Å²) in [5.41, 5.74) is 16.7. The summed E-state index contributed by atoms with van der Waals surface area (Å²) >= 11 is 0. The lowest BCUT2D eigenvalue weighted by Crippen LogP contribution is -2.59. The first-order valence-corrected chi connectivity index (χ1v) is 12.0. The number of carboxylic acids is 2. The third-order valence-corrected chi connectivity index (χ3v) is 5.67. The van der Waals surface area contributed by atoms with Gasteiger partial charge in [0.25, 0.3) is 0 Å². The van der Waals surface area contributed by atoms with E-state index in [0.29, 0.717) is 51.6 Å². The van der Waals surface area contributed by atoms with Crippen LogP contribution in [0, 0.1) is 5.92 Å². The van der Waals surface area contributed by atoms with Crippen molar-refractivity contribution in [1.82, 2.24) is 16.0 Å². The van der Waals surface area contributed by atoms with Gasteiger partial charge in [0.2, 0.25) is 17.7 Å². The van der Waals surface area contributed by atoms with Crippen LogP contribution in [-0.2, 0) is 24.0 Å². The van der Waals surface area contributed by atoms with Crippen LogP contribution in [0.15, 0.2) is 0 Å². The molecule has 0 rings (SSSR count). The number of carbonyl (C=O) groups excluding carboxylic acids is 3. The lowest BCUT2D eigenvalue weighted by atomic mass is 9.97. The molecule has 0 aromatic heterocycles. The Morgan fingerprint density at radius 2 is 1.31 bits per heavy atom. The summed E-state index contributed by atoms with van der Waals surface area (Å²) in [5.74, 6) is -5.25. The van der Waals surface area contributed by atoms with Gasteiger partial charge in [-0.15, -0.1) is 0 Å². The topological polar surface area (TPSA) is 240 Å². The molecule has 0 bridgehead atoms. The second kappa shape index (κ2) is 17.6. The molecule has 0 fully saturated rings. The zero-order chi connectivity index (χ0) is 27.0. The summed E-state index contributed by atoms with van der Waals surface area (Å²) in [6.07, 6.45) is 2.55. The Bertz CT molecular complexity index is 706. The average molecular weight is 503 g/mol. The molecular formula is C22H42N6O7. The molecule has 0 saturated carbocycles. The average Bonchev–Trinajstić information content (AvgIpc) is 2.80. The van der Waals surface area contributed by atoms with Crippen LogP contribution in [0.5, 0.6) is 0 Å². The second-order valence-electron chi connectivity index (χ2n) is 8.61. The van der Waals surface area contributed by atoms with E-state index in [0.717, 1.165) is 0 Å². The van der Waals surface area contributed by atoms with Crippen molar-refractivity contribution in [3.8, 4) is 0 Å². The first kappa shape index (κ1) is 32.2. The standard InChI is InChI=1S/C22H42N6O7/c1-3-13(2)18(21(33)26-15(22(34)35)9-5-7-11-24)28-20(32)16(12-17(29)30)27-19(31)14(25)8-4-6-10-23/h13-16,18H,3-12,23-25H2,1-2H3,(H,26,33)(H,27,31)(H,28,32)(H,29,30)(H,34,35). The monoisotopic (exact) mass is 502 g/mol. The van der Waals surface area contributed by atoms with Gasteiger partial charge in [0.15, 0.2) is 0 Å². The molecule has 0 saturated heterocycles. The van der Waals surface area contributed by atoms with Crippen LogP contribution in [0.25, 0.3) is 0 Å². The predicted molar refractivity (Wildman–Crippen MR) is 129 cm³/mol. The summed E-state index contributed by atoms with van der Waals surface area (Å²) in [6.45, 7) is 4.29. The zero-order valence-electron chi connectivity index (χ0n) is 20.6. The van der Waals surface area contributed by atoms with Crippen molar-refractivity contribution in [3.05, 3.63) is 0 Å². The number of amides is 3. The van der Waals surface area contributed by atoms with Gasteiger partial charge in [-0.1, -0.05) is 26.7 Å². The fourth-order valence-corrected chi connectivity index (χ4v) is 3.27. The maximum absolute atomic E-state index is 12.9. The first-order valence-electron chi connectivity index (χ1n) is 12.0. The Kier molecular flexibility index (Phi) is 16.2. The number of carboxylic acid groups (broad SMARTS) is 2. The Hall–Kier alpha value is -2.77. The molecule has 202 valence electrons. The number of hydrogen-bond donors (Lipinski definition) is 8. The predicted octanol–water partition coefficient (Wildman–Crippen LogP) is -1.37. The molecule has 13 heteroatoms. The largest absolute Gasteiger partial charge is 0.481 e. The molecule has 11 N–H and O–H groups in total. The van der Waals surface area contributed by atoms with Gasteiger partial charge in [-0.25, -0.2) is 4.79 Å². The maximum Gasteiger partial charge on any atom is 0.326 e. The van der Waals surface area contributed by atoms with E-state index in [1.807, 2.05) is 0 Å². The van der Waals surface area contributed by atoms with E-state index in [4.69, 9.17) is 17.2 Å². The Balaban J connectivity index is 5.45. The van der Waals surface area contributed by atoms with Crippen molar-refractivity contribution in [2.45, 2.75) is 89.4 Å². The molecule has 35 heavy (non-hydrogen) atoms. The van der Waals surface area contributed by atoms with Gasteiger partial charge < -0.3 is 43.4 Å². The van der Waals surface area contributed by atoms with Gasteiger partial charge in [-0.05, 0) is 51.1 Å². The molecule has 0 spiro atoms. The molecule has 5 unspecified atom stereocenters. The number of unbranched alkanes of at least 4 members (excludes halogenated alkanes) is 2. The smallest absolute Gasteiger partial charge is 0.326 e. The molecule has 5 atom stereocenters. The summed E-state index contributed by atoms with van der Waals surface area (Å²) < 4.78 is 0. The van der Waals surface area contributed by atoms with Crippen molar-refractivity contribution in [3.63, 3.8) is 0 Å². The minimum absolute atomic E-state index is 0.166. The highest BCUT2D eigenvalue weighted by atomic mass is 16.4. The fraction of sp³-hybridized carbons (Fsp3) is 0.773. The number of nitrogens with one attached hydrogen (secondary N) is 3. The van der Waals surface area contributed by atoms with Gasteiger partial charge in [0.05, 0.1) is 12.5 Å². The molecule has 13 nitrogen and oxygen atoms in total. The van der Waals surface area contributed by atoms with Crippen molar-refractivity contribution >= 4 is 29.7 Å². The first-order chi connectivity index (χ1) is 16.5. The van der Waals surface area contributed by atoms with Gasteiger partial charge in [-0.2, -0.15) is 0 Å². The fourth-order valence-electron chi connectivity index (χ4n) is 3.27. The molecule has 0 aliphatic heterocycles. The summed E-state index contributed by atoms with van der Waals surface area (Å²) in [6, 6.07) is -4.74. The summed E-state index contributed by atoms with van der Waals surface area (Å²) in [4.78, 5) is 61.1. The SMILES string of the molecule is CCC(C)C(NC(=O)C(CC(=O)O)NC(=O)C(N)CCCCN)C(=O)NC(CCCCN)C(=O)O. The van der Waals surface area contributed by atoms with E-state index < -0.39 is 66.2 Å². The Morgan fingerprint density at radius 1 is 0.771 bits per heavy atom. The van der Waals surface area contributed by atoms with Crippen LogP contribution >= 0.6 is 0 Å². The molecule has 3 amide bonds.